The Bertz CT molecular complexity index is 1360. The average molecular weight is 617 g/mol. The maximum Gasteiger partial charge on any atom is 0.416 e. The quantitative estimate of drug-likeness (QED) is 0.194. The predicted molar refractivity (Wildman–Crippen MR) is 149 cm³/mol. The summed E-state index contributed by atoms with van der Waals surface area (Å²) in [5.41, 5.74) is -1.13. The number of hydrogen-bond donors (Lipinski definition) is 2. The van der Waals surface area contributed by atoms with Crippen LogP contribution in [-0.4, -0.2) is 35.7 Å². The summed E-state index contributed by atoms with van der Waals surface area (Å²) in [6.45, 7) is 3.85. The molecule has 0 spiro atoms. The van der Waals surface area contributed by atoms with Gasteiger partial charge in [0.1, 0.15) is 5.75 Å². The monoisotopic (exact) mass is 616 g/mol. The van der Waals surface area contributed by atoms with Gasteiger partial charge in [-0.25, -0.2) is 4.99 Å². The molecular weight excluding hydrogens is 589 g/mol. The first-order valence-electron chi connectivity index (χ1n) is 12.6. The number of alkyl halides is 3. The highest BCUT2D eigenvalue weighted by atomic mass is 79.9. The number of carbonyl (C=O) groups is 1. The Morgan fingerprint density at radius 3 is 2.48 bits per heavy atom. The zero-order chi connectivity index (χ0) is 28.8. The molecule has 0 aromatic heterocycles. The summed E-state index contributed by atoms with van der Waals surface area (Å²) in [5.74, 6) is 0.220. The van der Waals surface area contributed by atoms with Gasteiger partial charge in [0.25, 0.3) is 5.91 Å². The molecule has 0 saturated heterocycles. The third-order valence-electron chi connectivity index (χ3n) is 6.42. The number of benzene rings is 3. The van der Waals surface area contributed by atoms with Crippen LogP contribution in [0.25, 0.3) is 0 Å². The van der Waals surface area contributed by atoms with Gasteiger partial charge in [0.05, 0.1) is 12.2 Å². The molecule has 0 radical (unpaired) electrons. The van der Waals surface area contributed by atoms with E-state index in [0.717, 1.165) is 10.5 Å². The molecule has 4 rings (SSSR count). The van der Waals surface area contributed by atoms with E-state index in [9.17, 15) is 18.0 Å². The standard InChI is InChI=1S/C30H28BrF3N2O4/c1-2-16-29(28(38)35-19-22-6-3-4-7-25(22)30(32,33)34)26(20-8-12-23(31)13-9-20)40-27(36-29)21-10-14-24(15-11-21)39-18-5-17-37/h2-4,6-15,26,37H,1,5,16-19H2,(H,35,38)/t26-,29-/m1/s1. The van der Waals surface area contributed by atoms with Crippen molar-refractivity contribution >= 4 is 27.7 Å². The van der Waals surface area contributed by atoms with Gasteiger partial charge in [-0.15, -0.1) is 6.58 Å². The second-order valence-electron chi connectivity index (χ2n) is 9.17. The third-order valence-corrected chi connectivity index (χ3v) is 6.95. The molecule has 3 aromatic carbocycles. The van der Waals surface area contributed by atoms with Crippen LogP contribution in [0.5, 0.6) is 5.75 Å². The Hall–Kier alpha value is -3.63. The number of nitrogens with zero attached hydrogens (tertiary/aromatic N) is 1. The minimum Gasteiger partial charge on any atom is -0.494 e. The molecule has 2 atom stereocenters. The highest BCUT2D eigenvalue weighted by molar-refractivity contribution is 9.10. The normalized spacial score (nSPS) is 18.5. The summed E-state index contributed by atoms with van der Waals surface area (Å²) in [6.07, 6.45) is -3.31. The summed E-state index contributed by atoms with van der Waals surface area (Å²) >= 11 is 3.41. The molecule has 0 fully saturated rings. The topological polar surface area (TPSA) is 80.2 Å². The second-order valence-corrected chi connectivity index (χ2v) is 10.1. The van der Waals surface area contributed by atoms with Gasteiger partial charge in [-0.3, -0.25) is 4.79 Å². The lowest BCUT2D eigenvalue weighted by Crippen LogP contribution is -2.47. The molecule has 0 bridgehead atoms. The van der Waals surface area contributed by atoms with Crippen LogP contribution in [0.2, 0.25) is 0 Å². The summed E-state index contributed by atoms with van der Waals surface area (Å²) in [6, 6.07) is 19.3. The number of amides is 1. The molecule has 210 valence electrons. The Kier molecular flexibility index (Phi) is 9.32. The summed E-state index contributed by atoms with van der Waals surface area (Å²) in [7, 11) is 0. The molecule has 0 saturated carbocycles. The minimum atomic E-state index is -4.56. The SMILES string of the molecule is C=CC[C@@]1(C(=O)NCc2ccccc2C(F)(F)F)N=C(c2ccc(OCCCO)cc2)O[C@@H]1c1ccc(Br)cc1. The van der Waals surface area contributed by atoms with E-state index in [-0.39, 0.29) is 31.0 Å². The fraction of sp³-hybridized carbons (Fsp3) is 0.267. The fourth-order valence-electron chi connectivity index (χ4n) is 4.45. The first-order chi connectivity index (χ1) is 19.2. The third kappa shape index (κ3) is 6.56. The number of aliphatic hydroxyl groups is 1. The molecule has 1 aliphatic rings. The minimum absolute atomic E-state index is 0.0232. The van der Waals surface area contributed by atoms with Crippen molar-refractivity contribution in [3.63, 3.8) is 0 Å². The van der Waals surface area contributed by atoms with Gasteiger partial charge in [0.15, 0.2) is 11.6 Å². The van der Waals surface area contributed by atoms with Crippen LogP contribution in [0.3, 0.4) is 0 Å². The molecule has 6 nitrogen and oxygen atoms in total. The number of nitrogens with one attached hydrogen (secondary N) is 1. The number of rotatable bonds is 11. The van der Waals surface area contributed by atoms with E-state index in [0.29, 0.717) is 29.9 Å². The molecule has 10 heteroatoms. The van der Waals surface area contributed by atoms with E-state index in [4.69, 9.17) is 19.6 Å². The lowest BCUT2D eigenvalue weighted by atomic mass is 9.84. The number of aliphatic hydroxyl groups excluding tert-OH is 1. The van der Waals surface area contributed by atoms with Crippen LogP contribution in [0, 0.1) is 0 Å². The van der Waals surface area contributed by atoms with E-state index in [1.807, 2.05) is 12.1 Å². The first kappa shape index (κ1) is 29.4. The zero-order valence-corrected chi connectivity index (χ0v) is 23.0. The maximum absolute atomic E-state index is 13.8. The van der Waals surface area contributed by atoms with E-state index >= 15 is 0 Å². The van der Waals surface area contributed by atoms with Gasteiger partial charge >= 0.3 is 6.18 Å². The van der Waals surface area contributed by atoms with Crippen molar-refractivity contribution in [1.82, 2.24) is 5.32 Å². The van der Waals surface area contributed by atoms with Crippen molar-refractivity contribution in [1.29, 1.82) is 0 Å². The van der Waals surface area contributed by atoms with E-state index in [1.165, 1.54) is 18.2 Å². The smallest absolute Gasteiger partial charge is 0.416 e. The summed E-state index contributed by atoms with van der Waals surface area (Å²) in [5, 5.41) is 11.6. The van der Waals surface area contributed by atoms with Crippen LogP contribution < -0.4 is 10.1 Å². The van der Waals surface area contributed by atoms with Crippen molar-refractivity contribution in [2.45, 2.75) is 37.2 Å². The number of aliphatic imine (C=N–C) groups is 1. The van der Waals surface area contributed by atoms with Gasteiger partial charge in [-0.1, -0.05) is 52.3 Å². The Labute approximate surface area is 238 Å². The van der Waals surface area contributed by atoms with Crippen LogP contribution in [0.15, 0.2) is 94.9 Å². The van der Waals surface area contributed by atoms with Gasteiger partial charge < -0.3 is 19.9 Å². The molecule has 3 aromatic rings. The van der Waals surface area contributed by atoms with E-state index in [2.05, 4.69) is 27.8 Å². The second kappa shape index (κ2) is 12.7. The van der Waals surface area contributed by atoms with Crippen LogP contribution in [-0.2, 0) is 22.3 Å². The van der Waals surface area contributed by atoms with Crippen LogP contribution >= 0.6 is 15.9 Å². The first-order valence-corrected chi connectivity index (χ1v) is 13.4. The van der Waals surface area contributed by atoms with Crippen LogP contribution in [0.4, 0.5) is 13.2 Å². The van der Waals surface area contributed by atoms with Gasteiger partial charge in [-0.2, -0.15) is 13.2 Å². The number of hydrogen-bond acceptors (Lipinski definition) is 5. The van der Waals surface area contributed by atoms with Gasteiger partial charge in [0.2, 0.25) is 5.90 Å². The zero-order valence-electron chi connectivity index (χ0n) is 21.5. The van der Waals surface area contributed by atoms with Gasteiger partial charge in [0, 0.05) is 36.0 Å². The molecule has 1 heterocycles. The number of carbonyl (C=O) groups excluding carboxylic acids is 1. The number of ether oxygens (including phenoxy) is 2. The van der Waals surface area contributed by atoms with E-state index < -0.39 is 29.3 Å². The molecule has 0 unspecified atom stereocenters. The summed E-state index contributed by atoms with van der Waals surface area (Å²) in [4.78, 5) is 18.6. The largest absolute Gasteiger partial charge is 0.494 e. The molecular formula is C30H28BrF3N2O4. The predicted octanol–water partition coefficient (Wildman–Crippen LogP) is 6.38. The lowest BCUT2D eigenvalue weighted by molar-refractivity contribution is -0.138. The average Bonchev–Trinajstić information content (AvgIpc) is 3.33. The summed E-state index contributed by atoms with van der Waals surface area (Å²) < 4.78 is 53.4. The van der Waals surface area contributed by atoms with Crippen molar-refractivity contribution in [3.8, 4) is 5.75 Å². The van der Waals surface area contributed by atoms with Crippen LogP contribution in [0.1, 0.15) is 41.2 Å². The maximum atomic E-state index is 13.8. The molecule has 1 amide bonds. The molecule has 2 N–H and O–H groups in total. The Morgan fingerprint density at radius 1 is 1.12 bits per heavy atom. The van der Waals surface area contributed by atoms with Crippen molar-refractivity contribution in [2.75, 3.05) is 13.2 Å². The Balaban J connectivity index is 1.68. The molecule has 0 aliphatic carbocycles. The van der Waals surface area contributed by atoms with Crippen molar-refractivity contribution in [3.05, 3.63) is 112 Å². The number of halogens is 4. The molecule has 1 aliphatic heterocycles. The van der Waals surface area contributed by atoms with Crippen molar-refractivity contribution in [2.24, 2.45) is 4.99 Å². The lowest BCUT2D eigenvalue weighted by Gasteiger charge is -2.30. The highest BCUT2D eigenvalue weighted by Crippen LogP contribution is 2.43. The fourth-order valence-corrected chi connectivity index (χ4v) is 4.72. The van der Waals surface area contributed by atoms with E-state index in [1.54, 1.807) is 42.5 Å². The molecule has 40 heavy (non-hydrogen) atoms. The van der Waals surface area contributed by atoms with Crippen molar-refractivity contribution < 1.29 is 32.5 Å². The van der Waals surface area contributed by atoms with Gasteiger partial charge in [-0.05, 0) is 53.6 Å². The highest BCUT2D eigenvalue weighted by Gasteiger charge is 2.52. The Morgan fingerprint density at radius 2 is 1.82 bits per heavy atom.